The van der Waals surface area contributed by atoms with Crippen molar-refractivity contribution in [2.75, 3.05) is 33.3 Å². The number of carbonyl (C=O) groups excluding carboxylic acids is 1. The van der Waals surface area contributed by atoms with Gasteiger partial charge in [-0.2, -0.15) is 0 Å². The molecule has 0 atom stereocenters. The number of benzene rings is 2. The molecule has 2 heterocycles. The Hall–Kier alpha value is -2.64. The number of oxime groups is 1. The highest BCUT2D eigenvalue weighted by molar-refractivity contribution is 6.01. The van der Waals surface area contributed by atoms with Gasteiger partial charge >= 0.3 is 0 Å². The van der Waals surface area contributed by atoms with Crippen molar-refractivity contribution >= 4 is 24.0 Å². The second kappa shape index (κ2) is 10.1. The summed E-state index contributed by atoms with van der Waals surface area (Å²) in [6.45, 7) is 3.64. The maximum atomic E-state index is 13.1. The molecule has 2 aliphatic heterocycles. The monoisotopic (exact) mass is 447 g/mol. The highest BCUT2D eigenvalue weighted by Gasteiger charge is 2.31. The summed E-state index contributed by atoms with van der Waals surface area (Å²) in [6, 6.07) is 11.6. The van der Waals surface area contributed by atoms with E-state index in [1.807, 2.05) is 23.1 Å². The van der Waals surface area contributed by atoms with Gasteiger partial charge < -0.3 is 14.8 Å². The molecular formula is C23H27ClFN3O3. The Labute approximate surface area is 187 Å². The Bertz CT molecular complexity index is 944. The third kappa shape index (κ3) is 5.17. The van der Waals surface area contributed by atoms with Crippen molar-refractivity contribution in [3.63, 3.8) is 0 Å². The molecule has 166 valence electrons. The van der Waals surface area contributed by atoms with Crippen molar-refractivity contribution in [1.82, 2.24) is 9.80 Å². The summed E-state index contributed by atoms with van der Waals surface area (Å²) < 4.78 is 18.4. The maximum Gasteiger partial charge on any atom is 0.254 e. The molecule has 0 aliphatic carbocycles. The molecule has 2 aromatic rings. The lowest BCUT2D eigenvalue weighted by Crippen LogP contribution is -2.41. The molecule has 6 nitrogen and oxygen atoms in total. The minimum atomic E-state index is -0.311. The smallest absolute Gasteiger partial charge is 0.254 e. The second-order valence-electron chi connectivity index (χ2n) is 7.98. The summed E-state index contributed by atoms with van der Waals surface area (Å²) in [5.74, 6) is 1.01. The summed E-state index contributed by atoms with van der Waals surface area (Å²) in [6.07, 6.45) is 1.96. The Balaban J connectivity index is 0.00000272. The lowest BCUT2D eigenvalue weighted by molar-refractivity contribution is 0.0719. The van der Waals surface area contributed by atoms with Gasteiger partial charge in [0.2, 0.25) is 0 Å². The largest absolute Gasteiger partial charge is 0.497 e. The fourth-order valence-electron chi connectivity index (χ4n) is 4.31. The molecular weight excluding hydrogens is 421 g/mol. The second-order valence-corrected chi connectivity index (χ2v) is 7.98. The van der Waals surface area contributed by atoms with E-state index in [2.05, 4.69) is 10.1 Å². The molecule has 8 heteroatoms. The average molecular weight is 448 g/mol. The fraction of sp³-hybridized carbons (Fsp3) is 0.391. The van der Waals surface area contributed by atoms with Crippen LogP contribution in [0.4, 0.5) is 4.39 Å². The highest BCUT2D eigenvalue weighted by atomic mass is 35.5. The summed E-state index contributed by atoms with van der Waals surface area (Å²) in [7, 11) is 1.63. The third-order valence-electron chi connectivity index (χ3n) is 6.05. The van der Waals surface area contributed by atoms with Crippen LogP contribution in [0.2, 0.25) is 0 Å². The first-order valence-electron chi connectivity index (χ1n) is 10.2. The van der Waals surface area contributed by atoms with Crippen LogP contribution in [-0.4, -0.2) is 59.9 Å². The van der Waals surface area contributed by atoms with Gasteiger partial charge in [0.1, 0.15) is 17.3 Å². The fourth-order valence-corrected chi connectivity index (χ4v) is 4.31. The van der Waals surface area contributed by atoms with E-state index in [-0.39, 0.29) is 24.1 Å². The molecule has 31 heavy (non-hydrogen) atoms. The van der Waals surface area contributed by atoms with Gasteiger partial charge in [-0.3, -0.25) is 9.69 Å². The van der Waals surface area contributed by atoms with Crippen LogP contribution in [0.5, 0.6) is 5.75 Å². The van der Waals surface area contributed by atoms with Crippen LogP contribution in [0, 0.1) is 11.7 Å². The average Bonchev–Trinajstić information content (AvgIpc) is 3.08. The number of piperidine rings is 1. The van der Waals surface area contributed by atoms with Crippen LogP contribution in [0.3, 0.4) is 0 Å². The number of carbonyl (C=O) groups is 1. The standard InChI is InChI=1S/C23H26FN3O3.ClH/c1-30-20-6-7-21-18(12-20)14-27(23(21)28)13-16-8-10-26(11-9-16)15-22(25-29)17-2-4-19(24)5-3-17;/h2-7,12,16,29H,8-11,13-15H2,1H3;1H/b25-22-;. The zero-order chi connectivity index (χ0) is 21.1. The molecule has 0 radical (unpaired) electrons. The van der Waals surface area contributed by atoms with Crippen molar-refractivity contribution in [3.05, 3.63) is 65.0 Å². The summed E-state index contributed by atoms with van der Waals surface area (Å²) in [5, 5.41) is 12.8. The van der Waals surface area contributed by atoms with Crippen LogP contribution in [0.25, 0.3) is 0 Å². The zero-order valence-electron chi connectivity index (χ0n) is 17.5. The number of hydrogen-bond donors (Lipinski definition) is 1. The summed E-state index contributed by atoms with van der Waals surface area (Å²) in [4.78, 5) is 16.9. The molecule has 1 N–H and O–H groups in total. The minimum absolute atomic E-state index is 0. The third-order valence-corrected chi connectivity index (χ3v) is 6.05. The Morgan fingerprint density at radius 3 is 2.55 bits per heavy atom. The van der Waals surface area contributed by atoms with E-state index >= 15 is 0 Å². The Morgan fingerprint density at radius 1 is 1.19 bits per heavy atom. The molecule has 4 rings (SSSR count). The number of amides is 1. The van der Waals surface area contributed by atoms with Crippen molar-refractivity contribution in [1.29, 1.82) is 0 Å². The first-order chi connectivity index (χ1) is 14.6. The molecule has 1 saturated heterocycles. The van der Waals surface area contributed by atoms with Crippen LogP contribution in [0.1, 0.15) is 34.3 Å². The van der Waals surface area contributed by atoms with E-state index < -0.39 is 0 Å². The van der Waals surface area contributed by atoms with Crippen molar-refractivity contribution in [2.24, 2.45) is 11.1 Å². The quantitative estimate of drug-likeness (QED) is 0.415. The van der Waals surface area contributed by atoms with Crippen LogP contribution < -0.4 is 4.74 Å². The lowest BCUT2D eigenvalue weighted by Gasteiger charge is -2.33. The van der Waals surface area contributed by atoms with Gasteiger partial charge in [-0.05, 0) is 67.7 Å². The number of likely N-dealkylation sites (tertiary alicyclic amines) is 1. The number of halogens is 2. The van der Waals surface area contributed by atoms with Crippen molar-refractivity contribution < 1.29 is 19.1 Å². The molecule has 0 saturated carbocycles. The number of ether oxygens (including phenoxy) is 1. The van der Waals surface area contributed by atoms with E-state index in [0.29, 0.717) is 24.7 Å². The Morgan fingerprint density at radius 2 is 1.90 bits per heavy atom. The number of nitrogens with zero attached hydrogens (tertiary/aromatic N) is 3. The van der Waals surface area contributed by atoms with Gasteiger partial charge in [0.25, 0.3) is 5.91 Å². The first kappa shape index (κ1) is 23.0. The van der Waals surface area contributed by atoms with Crippen molar-refractivity contribution in [3.8, 4) is 5.75 Å². The molecule has 0 aromatic heterocycles. The highest BCUT2D eigenvalue weighted by Crippen LogP contribution is 2.29. The van der Waals surface area contributed by atoms with Gasteiger partial charge in [0, 0.05) is 30.8 Å². The van der Waals surface area contributed by atoms with Crippen LogP contribution in [0.15, 0.2) is 47.6 Å². The first-order valence-corrected chi connectivity index (χ1v) is 10.2. The van der Waals surface area contributed by atoms with E-state index in [9.17, 15) is 14.4 Å². The molecule has 0 bridgehead atoms. The molecule has 0 spiro atoms. The topological polar surface area (TPSA) is 65.4 Å². The zero-order valence-corrected chi connectivity index (χ0v) is 18.3. The van der Waals surface area contributed by atoms with Gasteiger partial charge in [0.05, 0.1) is 7.11 Å². The number of rotatable bonds is 6. The van der Waals surface area contributed by atoms with Crippen LogP contribution >= 0.6 is 12.4 Å². The SMILES string of the molecule is COc1ccc2c(c1)CN(CC1CCN(C/C(=N/O)c3ccc(F)cc3)CC1)C2=O.Cl. The minimum Gasteiger partial charge on any atom is -0.497 e. The van der Waals surface area contributed by atoms with Gasteiger partial charge in [-0.15, -0.1) is 12.4 Å². The number of methoxy groups -OCH3 is 1. The molecule has 0 unspecified atom stereocenters. The predicted octanol–water partition coefficient (Wildman–Crippen LogP) is 3.80. The maximum absolute atomic E-state index is 13.1. The van der Waals surface area contributed by atoms with Gasteiger partial charge in [-0.1, -0.05) is 17.3 Å². The van der Waals surface area contributed by atoms with E-state index in [0.717, 1.165) is 54.9 Å². The molecule has 1 amide bonds. The van der Waals surface area contributed by atoms with E-state index in [4.69, 9.17) is 4.74 Å². The van der Waals surface area contributed by atoms with Gasteiger partial charge in [-0.25, -0.2) is 4.39 Å². The van der Waals surface area contributed by atoms with E-state index in [1.54, 1.807) is 19.2 Å². The lowest BCUT2D eigenvalue weighted by atomic mass is 9.95. The summed E-state index contributed by atoms with van der Waals surface area (Å²) >= 11 is 0. The number of hydrogen-bond acceptors (Lipinski definition) is 5. The van der Waals surface area contributed by atoms with E-state index in [1.165, 1.54) is 12.1 Å². The Kier molecular flexibility index (Phi) is 7.51. The molecule has 2 aliphatic rings. The summed E-state index contributed by atoms with van der Waals surface area (Å²) in [5.41, 5.74) is 3.06. The predicted molar refractivity (Wildman–Crippen MR) is 119 cm³/mol. The number of fused-ring (bicyclic) bond motifs is 1. The van der Waals surface area contributed by atoms with Crippen molar-refractivity contribution in [2.45, 2.75) is 19.4 Å². The van der Waals surface area contributed by atoms with Crippen LogP contribution in [-0.2, 0) is 6.54 Å². The molecule has 2 aromatic carbocycles. The molecule has 1 fully saturated rings. The van der Waals surface area contributed by atoms with Gasteiger partial charge in [0.15, 0.2) is 0 Å². The normalized spacial score (nSPS) is 17.4.